The molecule has 1 aliphatic rings. The molecule has 7 heteroatoms. The van der Waals surface area contributed by atoms with Crippen LogP contribution in [0.25, 0.3) is 0 Å². The quantitative estimate of drug-likeness (QED) is 0.759. The highest BCUT2D eigenvalue weighted by molar-refractivity contribution is 7.89. The van der Waals surface area contributed by atoms with Gasteiger partial charge in [0.1, 0.15) is 5.75 Å². The number of carbonyl (C=O) groups excluding carboxylic acids is 1. The summed E-state index contributed by atoms with van der Waals surface area (Å²) >= 11 is 0. The zero-order valence-corrected chi connectivity index (χ0v) is 15.2. The number of allylic oxidation sites excluding steroid dienone is 1. The van der Waals surface area contributed by atoms with Crippen molar-refractivity contribution >= 4 is 15.9 Å². The average Bonchev–Trinajstić information content (AvgIpc) is 2.61. The smallest absolute Gasteiger partial charge is 0.249 e. The van der Waals surface area contributed by atoms with E-state index in [1.165, 1.54) is 11.4 Å². The van der Waals surface area contributed by atoms with Crippen LogP contribution in [0.4, 0.5) is 0 Å². The van der Waals surface area contributed by atoms with Crippen LogP contribution in [-0.4, -0.2) is 56.8 Å². The minimum Gasteiger partial charge on any atom is -0.497 e. The van der Waals surface area contributed by atoms with Crippen molar-refractivity contribution in [1.29, 1.82) is 0 Å². The topological polar surface area (TPSA) is 66.9 Å². The third-order valence-electron chi connectivity index (χ3n) is 4.07. The van der Waals surface area contributed by atoms with E-state index in [9.17, 15) is 13.2 Å². The van der Waals surface area contributed by atoms with E-state index >= 15 is 0 Å². The molecule has 1 aliphatic heterocycles. The third-order valence-corrected chi connectivity index (χ3v) is 5.98. The Bertz CT molecular complexity index is 703. The zero-order valence-electron chi connectivity index (χ0n) is 14.4. The second-order valence-electron chi connectivity index (χ2n) is 5.67. The van der Waals surface area contributed by atoms with Gasteiger partial charge in [-0.2, -0.15) is 4.31 Å². The molecule has 1 saturated heterocycles. The van der Waals surface area contributed by atoms with Gasteiger partial charge in [0, 0.05) is 31.8 Å². The number of benzene rings is 1. The SMILES string of the molecule is CCC=C(C)C(=O)N1CCN(S(=O)(=O)c2ccc(OC)cc2)CC1. The van der Waals surface area contributed by atoms with Crippen molar-refractivity contribution in [3.8, 4) is 5.75 Å². The molecule has 0 unspecified atom stereocenters. The summed E-state index contributed by atoms with van der Waals surface area (Å²) in [4.78, 5) is 14.2. The molecule has 0 saturated carbocycles. The number of nitrogens with zero attached hydrogens (tertiary/aromatic N) is 2. The van der Waals surface area contributed by atoms with E-state index in [2.05, 4.69) is 0 Å². The fourth-order valence-corrected chi connectivity index (χ4v) is 4.09. The van der Waals surface area contributed by atoms with Crippen molar-refractivity contribution in [2.24, 2.45) is 0 Å². The van der Waals surface area contributed by atoms with Crippen LogP contribution < -0.4 is 4.74 Å². The van der Waals surface area contributed by atoms with Gasteiger partial charge >= 0.3 is 0 Å². The van der Waals surface area contributed by atoms with Crippen molar-refractivity contribution in [2.75, 3.05) is 33.3 Å². The van der Waals surface area contributed by atoms with Gasteiger partial charge in [-0.25, -0.2) is 8.42 Å². The number of rotatable bonds is 5. The largest absolute Gasteiger partial charge is 0.497 e. The summed E-state index contributed by atoms with van der Waals surface area (Å²) < 4.78 is 31.8. The van der Waals surface area contributed by atoms with Crippen LogP contribution >= 0.6 is 0 Å². The first-order chi connectivity index (χ1) is 11.4. The lowest BCUT2D eigenvalue weighted by Crippen LogP contribution is -2.50. The minimum absolute atomic E-state index is 0.0154. The van der Waals surface area contributed by atoms with Crippen LogP contribution in [-0.2, 0) is 14.8 Å². The Morgan fingerprint density at radius 3 is 2.25 bits per heavy atom. The summed E-state index contributed by atoms with van der Waals surface area (Å²) in [5.41, 5.74) is 0.712. The molecular formula is C17H24N2O4S. The van der Waals surface area contributed by atoms with Crippen molar-refractivity contribution in [1.82, 2.24) is 9.21 Å². The Hall–Kier alpha value is -1.86. The lowest BCUT2D eigenvalue weighted by atomic mass is 10.2. The van der Waals surface area contributed by atoms with E-state index in [0.29, 0.717) is 37.5 Å². The number of hydrogen-bond donors (Lipinski definition) is 0. The molecule has 6 nitrogen and oxygen atoms in total. The molecule has 24 heavy (non-hydrogen) atoms. The van der Waals surface area contributed by atoms with Crippen LogP contribution in [0.5, 0.6) is 5.75 Å². The van der Waals surface area contributed by atoms with E-state index < -0.39 is 10.0 Å². The van der Waals surface area contributed by atoms with Crippen LogP contribution in [0.3, 0.4) is 0 Å². The van der Waals surface area contributed by atoms with E-state index in [0.717, 1.165) is 6.42 Å². The Labute approximate surface area is 143 Å². The van der Waals surface area contributed by atoms with Crippen LogP contribution in [0, 0.1) is 0 Å². The minimum atomic E-state index is -3.54. The molecule has 0 aliphatic carbocycles. The Morgan fingerprint density at radius 1 is 1.17 bits per heavy atom. The second-order valence-corrected chi connectivity index (χ2v) is 7.61. The number of hydrogen-bond acceptors (Lipinski definition) is 4. The lowest BCUT2D eigenvalue weighted by Gasteiger charge is -2.34. The molecule has 2 rings (SSSR count). The molecule has 0 spiro atoms. The maximum Gasteiger partial charge on any atom is 0.249 e. The fourth-order valence-electron chi connectivity index (χ4n) is 2.67. The Morgan fingerprint density at radius 2 is 1.75 bits per heavy atom. The van der Waals surface area contributed by atoms with Crippen LogP contribution in [0.1, 0.15) is 20.3 Å². The van der Waals surface area contributed by atoms with E-state index in [1.807, 2.05) is 13.0 Å². The molecule has 0 N–H and O–H groups in total. The average molecular weight is 352 g/mol. The molecule has 1 aromatic rings. The fraction of sp³-hybridized carbons (Fsp3) is 0.471. The Kier molecular flexibility index (Phi) is 6.01. The summed E-state index contributed by atoms with van der Waals surface area (Å²) in [5.74, 6) is 0.598. The van der Waals surface area contributed by atoms with Gasteiger partial charge < -0.3 is 9.64 Å². The first-order valence-electron chi connectivity index (χ1n) is 8.00. The number of methoxy groups -OCH3 is 1. The van der Waals surface area contributed by atoms with Crippen molar-refractivity contribution in [3.05, 3.63) is 35.9 Å². The van der Waals surface area contributed by atoms with Gasteiger partial charge in [-0.15, -0.1) is 0 Å². The summed E-state index contributed by atoms with van der Waals surface area (Å²) in [7, 11) is -2.00. The predicted molar refractivity (Wildman–Crippen MR) is 92.4 cm³/mol. The monoisotopic (exact) mass is 352 g/mol. The standard InChI is InChI=1S/C17H24N2O4S/c1-4-5-14(2)17(20)18-10-12-19(13-11-18)24(21,22)16-8-6-15(23-3)7-9-16/h5-9H,4,10-13H2,1-3H3. The highest BCUT2D eigenvalue weighted by Gasteiger charge is 2.30. The summed E-state index contributed by atoms with van der Waals surface area (Å²) in [6.07, 6.45) is 2.70. The normalized spacial score (nSPS) is 17.0. The van der Waals surface area contributed by atoms with Gasteiger partial charge in [0.15, 0.2) is 0 Å². The predicted octanol–water partition coefficient (Wildman–Crippen LogP) is 1.88. The van der Waals surface area contributed by atoms with Crippen LogP contribution in [0.15, 0.2) is 40.8 Å². The number of ether oxygens (including phenoxy) is 1. The molecule has 1 fully saturated rings. The second kappa shape index (κ2) is 7.81. The first-order valence-corrected chi connectivity index (χ1v) is 9.44. The molecule has 0 atom stereocenters. The van der Waals surface area contributed by atoms with Gasteiger partial charge in [0.2, 0.25) is 15.9 Å². The highest BCUT2D eigenvalue weighted by Crippen LogP contribution is 2.21. The molecule has 132 valence electrons. The van der Waals surface area contributed by atoms with Crippen molar-refractivity contribution in [2.45, 2.75) is 25.2 Å². The maximum atomic E-state index is 12.7. The molecular weight excluding hydrogens is 328 g/mol. The molecule has 1 heterocycles. The van der Waals surface area contributed by atoms with Gasteiger partial charge in [0.25, 0.3) is 0 Å². The maximum absolute atomic E-state index is 12.7. The van der Waals surface area contributed by atoms with Gasteiger partial charge in [-0.3, -0.25) is 4.79 Å². The number of amides is 1. The van der Waals surface area contributed by atoms with Gasteiger partial charge in [-0.05, 0) is 37.6 Å². The van der Waals surface area contributed by atoms with Crippen LogP contribution in [0.2, 0.25) is 0 Å². The van der Waals surface area contributed by atoms with Crippen molar-refractivity contribution < 1.29 is 17.9 Å². The van der Waals surface area contributed by atoms with Crippen molar-refractivity contribution in [3.63, 3.8) is 0 Å². The molecule has 1 amide bonds. The summed E-state index contributed by atoms with van der Waals surface area (Å²) in [6.45, 7) is 5.20. The third kappa shape index (κ3) is 3.96. The van der Waals surface area contributed by atoms with E-state index in [1.54, 1.807) is 36.1 Å². The Balaban J connectivity index is 2.05. The molecule has 1 aromatic carbocycles. The number of piperazine rings is 1. The number of sulfonamides is 1. The summed E-state index contributed by atoms with van der Waals surface area (Å²) in [5, 5.41) is 0. The first kappa shape index (κ1) is 18.5. The molecule has 0 bridgehead atoms. The van der Waals surface area contributed by atoms with Gasteiger partial charge in [0.05, 0.1) is 12.0 Å². The van der Waals surface area contributed by atoms with E-state index in [-0.39, 0.29) is 10.8 Å². The van der Waals surface area contributed by atoms with Gasteiger partial charge in [-0.1, -0.05) is 13.0 Å². The highest BCUT2D eigenvalue weighted by atomic mass is 32.2. The van der Waals surface area contributed by atoms with E-state index in [4.69, 9.17) is 4.74 Å². The molecule has 0 radical (unpaired) electrons. The number of carbonyl (C=O) groups is 1. The zero-order chi connectivity index (χ0) is 17.7. The molecule has 0 aromatic heterocycles. The summed E-state index contributed by atoms with van der Waals surface area (Å²) in [6, 6.07) is 6.34. The lowest BCUT2D eigenvalue weighted by molar-refractivity contribution is -0.128.